The number of hydrogen-bond donors (Lipinski definition) is 1. The maximum atomic E-state index is 12.6. The van der Waals surface area contributed by atoms with Gasteiger partial charge in [0.05, 0.1) is 10.2 Å². The highest BCUT2D eigenvalue weighted by Gasteiger charge is 2.15. The summed E-state index contributed by atoms with van der Waals surface area (Å²) < 4.78 is 13.9. The molecule has 0 saturated carbocycles. The Balaban J connectivity index is 1.83. The molecule has 3 aromatic carbocycles. The van der Waals surface area contributed by atoms with Gasteiger partial charge in [-0.3, -0.25) is 4.79 Å². The van der Waals surface area contributed by atoms with Crippen molar-refractivity contribution in [3.05, 3.63) is 90.1 Å². The first-order valence-electron chi connectivity index (χ1n) is 10.2. The van der Waals surface area contributed by atoms with Crippen LogP contribution in [0.5, 0.6) is 11.5 Å². The lowest BCUT2D eigenvalue weighted by Gasteiger charge is -2.15. The van der Waals surface area contributed by atoms with Crippen molar-refractivity contribution in [2.24, 2.45) is 0 Å². The van der Waals surface area contributed by atoms with Crippen molar-refractivity contribution in [3.63, 3.8) is 0 Å². The zero-order valence-electron chi connectivity index (χ0n) is 18.2. The van der Waals surface area contributed by atoms with Crippen molar-refractivity contribution in [2.45, 2.75) is 20.5 Å². The van der Waals surface area contributed by atoms with E-state index in [0.29, 0.717) is 36.0 Å². The lowest BCUT2D eigenvalue weighted by Crippen LogP contribution is -2.13. The standard InChI is InChI=1S/C26H22I2N2O3/c1-3-32-24-14-19(12-20(15-29)26(31)30-22-10-4-17(2)5-11-22)13-23(28)25(24)33-16-18-6-8-21(27)9-7-18/h4-14H,3,16H2,1-2H3,(H,30,31)/b20-12+. The van der Waals surface area contributed by atoms with Gasteiger partial charge in [-0.25, -0.2) is 0 Å². The molecule has 0 atom stereocenters. The molecule has 0 aliphatic rings. The van der Waals surface area contributed by atoms with Gasteiger partial charge in [0.2, 0.25) is 0 Å². The van der Waals surface area contributed by atoms with E-state index in [-0.39, 0.29) is 5.57 Å². The fourth-order valence-corrected chi connectivity index (χ4v) is 4.10. The molecule has 1 N–H and O–H groups in total. The summed E-state index contributed by atoms with van der Waals surface area (Å²) in [6.07, 6.45) is 1.55. The first-order valence-corrected chi connectivity index (χ1v) is 12.4. The van der Waals surface area contributed by atoms with Gasteiger partial charge in [0.1, 0.15) is 18.2 Å². The van der Waals surface area contributed by atoms with E-state index in [9.17, 15) is 10.1 Å². The highest BCUT2D eigenvalue weighted by atomic mass is 127. The highest BCUT2D eigenvalue weighted by Crippen LogP contribution is 2.35. The van der Waals surface area contributed by atoms with Crippen LogP contribution in [0.2, 0.25) is 0 Å². The molecule has 3 aromatic rings. The van der Waals surface area contributed by atoms with E-state index >= 15 is 0 Å². The number of amides is 1. The predicted molar refractivity (Wildman–Crippen MR) is 147 cm³/mol. The Morgan fingerprint density at radius 3 is 2.39 bits per heavy atom. The number of carbonyl (C=O) groups is 1. The largest absolute Gasteiger partial charge is 0.490 e. The molecule has 0 fully saturated rings. The Bertz CT molecular complexity index is 1200. The van der Waals surface area contributed by atoms with Gasteiger partial charge < -0.3 is 14.8 Å². The lowest BCUT2D eigenvalue weighted by molar-refractivity contribution is -0.112. The van der Waals surface area contributed by atoms with Crippen molar-refractivity contribution in [2.75, 3.05) is 11.9 Å². The predicted octanol–water partition coefficient (Wildman–Crippen LogP) is 6.73. The molecule has 0 heterocycles. The second kappa shape index (κ2) is 12.0. The Morgan fingerprint density at radius 1 is 1.06 bits per heavy atom. The molecule has 0 aliphatic carbocycles. The van der Waals surface area contributed by atoms with Gasteiger partial charge >= 0.3 is 0 Å². The highest BCUT2D eigenvalue weighted by molar-refractivity contribution is 14.1. The maximum absolute atomic E-state index is 12.6. The number of aryl methyl sites for hydroxylation is 1. The van der Waals surface area contributed by atoms with Gasteiger partial charge in [-0.05, 0) is 113 Å². The normalized spacial score (nSPS) is 10.9. The van der Waals surface area contributed by atoms with Gasteiger partial charge in [0, 0.05) is 9.26 Å². The summed E-state index contributed by atoms with van der Waals surface area (Å²) in [7, 11) is 0. The summed E-state index contributed by atoms with van der Waals surface area (Å²) in [5.74, 6) is 0.738. The van der Waals surface area contributed by atoms with E-state index in [1.807, 2.05) is 62.4 Å². The first kappa shape index (κ1) is 25.1. The Morgan fingerprint density at radius 2 is 1.76 bits per heavy atom. The Labute approximate surface area is 221 Å². The molecule has 0 spiro atoms. The number of halogens is 2. The van der Waals surface area contributed by atoms with E-state index in [1.165, 1.54) is 0 Å². The summed E-state index contributed by atoms with van der Waals surface area (Å²) in [4.78, 5) is 12.6. The average molecular weight is 664 g/mol. The third kappa shape index (κ3) is 7.20. The van der Waals surface area contributed by atoms with E-state index in [2.05, 4.69) is 50.5 Å². The fourth-order valence-electron chi connectivity index (χ4n) is 2.96. The van der Waals surface area contributed by atoms with Crippen LogP contribution in [0.15, 0.2) is 66.2 Å². The number of benzene rings is 3. The number of nitrogens with zero attached hydrogens (tertiary/aromatic N) is 1. The summed E-state index contributed by atoms with van der Waals surface area (Å²) in [5.41, 5.74) is 3.46. The quantitative estimate of drug-likeness (QED) is 0.165. The molecular weight excluding hydrogens is 642 g/mol. The van der Waals surface area contributed by atoms with E-state index < -0.39 is 5.91 Å². The summed E-state index contributed by atoms with van der Waals surface area (Å²) >= 11 is 4.45. The summed E-state index contributed by atoms with van der Waals surface area (Å²) in [6, 6.07) is 21.2. The van der Waals surface area contributed by atoms with Gasteiger partial charge in [-0.1, -0.05) is 29.8 Å². The van der Waals surface area contributed by atoms with Gasteiger partial charge in [-0.15, -0.1) is 0 Å². The SMILES string of the molecule is CCOc1cc(/C=C(\C#N)C(=O)Nc2ccc(C)cc2)cc(I)c1OCc1ccc(I)cc1. The minimum Gasteiger partial charge on any atom is -0.490 e. The van der Waals surface area contributed by atoms with Crippen LogP contribution in [0.4, 0.5) is 5.69 Å². The van der Waals surface area contributed by atoms with E-state index in [1.54, 1.807) is 24.3 Å². The zero-order valence-corrected chi connectivity index (χ0v) is 22.5. The molecule has 0 saturated heterocycles. The van der Waals surface area contributed by atoms with Crippen LogP contribution in [-0.4, -0.2) is 12.5 Å². The lowest BCUT2D eigenvalue weighted by atomic mass is 10.1. The second-order valence-corrected chi connectivity index (χ2v) is 9.58. The molecule has 3 rings (SSSR count). The number of carbonyl (C=O) groups excluding carboxylic acids is 1. The summed E-state index contributed by atoms with van der Waals surface area (Å²) in [6.45, 7) is 4.73. The molecule has 0 unspecified atom stereocenters. The third-order valence-electron chi connectivity index (χ3n) is 4.61. The van der Waals surface area contributed by atoms with Crippen LogP contribution >= 0.6 is 45.2 Å². The molecular formula is C26H22I2N2O3. The van der Waals surface area contributed by atoms with Crippen molar-refractivity contribution in [3.8, 4) is 17.6 Å². The maximum Gasteiger partial charge on any atom is 0.266 e. The Hall–Kier alpha value is -2.58. The molecule has 0 aromatic heterocycles. The van der Waals surface area contributed by atoms with Crippen molar-refractivity contribution in [1.29, 1.82) is 5.26 Å². The van der Waals surface area contributed by atoms with E-state index in [4.69, 9.17) is 9.47 Å². The zero-order chi connectivity index (χ0) is 23.8. The van der Waals surface area contributed by atoms with Crippen molar-refractivity contribution in [1.82, 2.24) is 0 Å². The minimum atomic E-state index is -0.464. The van der Waals surface area contributed by atoms with Gasteiger partial charge in [0.25, 0.3) is 5.91 Å². The fraction of sp³-hybridized carbons (Fsp3) is 0.154. The van der Waals surface area contributed by atoms with Crippen LogP contribution < -0.4 is 14.8 Å². The molecule has 5 nitrogen and oxygen atoms in total. The van der Waals surface area contributed by atoms with E-state index in [0.717, 1.165) is 18.3 Å². The molecule has 33 heavy (non-hydrogen) atoms. The number of rotatable bonds is 8. The summed E-state index contributed by atoms with van der Waals surface area (Å²) in [5, 5.41) is 12.3. The number of nitrogens with one attached hydrogen (secondary N) is 1. The second-order valence-electron chi connectivity index (χ2n) is 7.17. The van der Waals surface area contributed by atoms with Crippen LogP contribution in [0.3, 0.4) is 0 Å². The van der Waals surface area contributed by atoms with Crippen LogP contribution in [-0.2, 0) is 11.4 Å². The van der Waals surface area contributed by atoms with Crippen LogP contribution in [0.25, 0.3) is 6.08 Å². The monoisotopic (exact) mass is 664 g/mol. The third-order valence-corrected chi connectivity index (χ3v) is 6.13. The number of nitriles is 1. The van der Waals surface area contributed by atoms with Gasteiger partial charge in [-0.2, -0.15) is 5.26 Å². The van der Waals surface area contributed by atoms with Crippen molar-refractivity contribution >= 4 is 62.9 Å². The average Bonchev–Trinajstić information content (AvgIpc) is 2.79. The van der Waals surface area contributed by atoms with Crippen LogP contribution in [0.1, 0.15) is 23.6 Å². The Kier molecular flexibility index (Phi) is 9.14. The minimum absolute atomic E-state index is 0.00128. The molecule has 168 valence electrons. The molecule has 7 heteroatoms. The molecule has 1 amide bonds. The first-order chi connectivity index (χ1) is 15.9. The smallest absolute Gasteiger partial charge is 0.266 e. The number of anilines is 1. The molecule has 0 radical (unpaired) electrons. The molecule has 0 bridgehead atoms. The van der Waals surface area contributed by atoms with Crippen LogP contribution in [0, 0.1) is 25.4 Å². The number of hydrogen-bond acceptors (Lipinski definition) is 4. The van der Waals surface area contributed by atoms with Crippen molar-refractivity contribution < 1.29 is 14.3 Å². The number of ether oxygens (including phenoxy) is 2. The molecule has 0 aliphatic heterocycles. The van der Waals surface area contributed by atoms with Gasteiger partial charge in [0.15, 0.2) is 11.5 Å². The topological polar surface area (TPSA) is 71.3 Å².